The molecule has 8 heteroatoms. The van der Waals surface area contributed by atoms with Gasteiger partial charge < -0.3 is 30.0 Å². The molecule has 7 rings (SSSR count). The van der Waals surface area contributed by atoms with Gasteiger partial charge in [-0.3, -0.25) is 4.98 Å². The van der Waals surface area contributed by atoms with Crippen molar-refractivity contribution in [3.8, 4) is 5.75 Å². The van der Waals surface area contributed by atoms with Crippen molar-refractivity contribution in [2.24, 2.45) is 10.8 Å². The summed E-state index contributed by atoms with van der Waals surface area (Å²) < 4.78 is 18.1. The fourth-order valence-electron chi connectivity index (χ4n) is 8.66. The highest BCUT2D eigenvalue weighted by molar-refractivity contribution is 5.75. The molecule has 0 unspecified atom stereocenters. The zero-order valence-corrected chi connectivity index (χ0v) is 19.7. The standard InChI is InChI=1S/C25H35N3O5/c1-15-17(5-4-6-26-15)33-18-8-32-19-16(7-31-20(18)19)27-21(29)28-24-10-22(2)9-23(3,11-24)13-25(30,12-22)14-24/h4-6,16,18-20,30H,7-14H2,1-3H3,(H2,27,28,29)/t16-,18-,19+,20+,22-,23+,24-,25-/m0/s1. The Kier molecular flexibility index (Phi) is 4.62. The number of aryl methyl sites for hydroxylation is 1. The molecule has 2 amide bonds. The number of rotatable bonds is 4. The van der Waals surface area contributed by atoms with Crippen molar-refractivity contribution in [2.45, 2.75) is 94.8 Å². The van der Waals surface area contributed by atoms with Crippen LogP contribution < -0.4 is 15.4 Å². The molecule has 2 aliphatic heterocycles. The van der Waals surface area contributed by atoms with Crippen LogP contribution in [0.1, 0.15) is 58.1 Å². The third-order valence-corrected chi connectivity index (χ3v) is 8.50. The van der Waals surface area contributed by atoms with Gasteiger partial charge in [-0.2, -0.15) is 0 Å². The Balaban J connectivity index is 1.10. The van der Waals surface area contributed by atoms with Crippen LogP contribution in [0.15, 0.2) is 18.3 Å². The van der Waals surface area contributed by atoms with Crippen LogP contribution in [-0.4, -0.2) is 64.8 Å². The van der Waals surface area contributed by atoms with Crippen LogP contribution in [-0.2, 0) is 9.47 Å². The maximum Gasteiger partial charge on any atom is 0.315 e. The Morgan fingerprint density at radius 1 is 1.09 bits per heavy atom. The first-order valence-corrected chi connectivity index (χ1v) is 12.2. The highest BCUT2D eigenvalue weighted by atomic mass is 16.6. The van der Waals surface area contributed by atoms with Gasteiger partial charge in [-0.1, -0.05) is 13.8 Å². The van der Waals surface area contributed by atoms with Crippen molar-refractivity contribution in [3.63, 3.8) is 0 Å². The van der Waals surface area contributed by atoms with E-state index in [1.807, 2.05) is 19.1 Å². The average Bonchev–Trinajstić information content (AvgIpc) is 3.23. The predicted molar refractivity (Wildman–Crippen MR) is 120 cm³/mol. The van der Waals surface area contributed by atoms with E-state index in [0.29, 0.717) is 19.6 Å². The second-order valence-electron chi connectivity index (χ2n) is 12.2. The van der Waals surface area contributed by atoms with E-state index < -0.39 is 5.60 Å². The summed E-state index contributed by atoms with van der Waals surface area (Å²) in [6.07, 6.45) is 6.33. The van der Waals surface area contributed by atoms with E-state index in [9.17, 15) is 9.90 Å². The molecule has 0 radical (unpaired) electrons. The lowest BCUT2D eigenvalue weighted by molar-refractivity contribution is -0.201. The number of aliphatic hydroxyl groups is 1. The number of carbonyl (C=O) groups is 1. The van der Waals surface area contributed by atoms with Crippen LogP contribution in [0.5, 0.6) is 5.75 Å². The van der Waals surface area contributed by atoms with Crippen molar-refractivity contribution in [2.75, 3.05) is 13.2 Å². The summed E-state index contributed by atoms with van der Waals surface area (Å²) in [6.45, 7) is 7.26. The molecule has 3 N–H and O–H groups in total. The quantitative estimate of drug-likeness (QED) is 0.642. The minimum atomic E-state index is -0.670. The lowest BCUT2D eigenvalue weighted by Crippen LogP contribution is -2.71. The Morgan fingerprint density at radius 3 is 2.52 bits per heavy atom. The zero-order valence-electron chi connectivity index (χ0n) is 19.7. The van der Waals surface area contributed by atoms with E-state index in [1.165, 1.54) is 0 Å². The van der Waals surface area contributed by atoms with Crippen LogP contribution >= 0.6 is 0 Å². The van der Waals surface area contributed by atoms with Gasteiger partial charge in [-0.05, 0) is 68.4 Å². The van der Waals surface area contributed by atoms with Gasteiger partial charge in [0.2, 0.25) is 0 Å². The highest BCUT2D eigenvalue weighted by Gasteiger charge is 2.65. The Labute approximate surface area is 194 Å². The van der Waals surface area contributed by atoms with Crippen LogP contribution in [0.4, 0.5) is 4.79 Å². The van der Waals surface area contributed by atoms with E-state index in [-0.39, 0.29) is 46.8 Å². The molecule has 2 saturated heterocycles. The van der Waals surface area contributed by atoms with Gasteiger partial charge in [0.25, 0.3) is 0 Å². The first kappa shape index (κ1) is 21.6. The molecular weight excluding hydrogens is 422 g/mol. The fourth-order valence-corrected chi connectivity index (χ4v) is 8.66. The van der Waals surface area contributed by atoms with Gasteiger partial charge in [0.05, 0.1) is 30.6 Å². The van der Waals surface area contributed by atoms with E-state index in [1.54, 1.807) is 6.20 Å². The smallest absolute Gasteiger partial charge is 0.315 e. The summed E-state index contributed by atoms with van der Waals surface area (Å²) in [6, 6.07) is 3.32. The van der Waals surface area contributed by atoms with E-state index in [0.717, 1.165) is 43.5 Å². The Morgan fingerprint density at radius 2 is 1.82 bits per heavy atom. The number of nitrogens with one attached hydrogen (secondary N) is 2. The average molecular weight is 458 g/mol. The van der Waals surface area contributed by atoms with Gasteiger partial charge in [-0.25, -0.2) is 4.79 Å². The minimum absolute atomic E-state index is 0.0800. The highest BCUT2D eigenvalue weighted by Crippen LogP contribution is 2.67. The van der Waals surface area contributed by atoms with Crippen molar-refractivity contribution >= 4 is 6.03 Å². The van der Waals surface area contributed by atoms with Crippen molar-refractivity contribution < 1.29 is 24.1 Å². The lowest BCUT2D eigenvalue weighted by atomic mass is 9.41. The minimum Gasteiger partial charge on any atom is -0.483 e. The van der Waals surface area contributed by atoms with Crippen LogP contribution in [0.25, 0.3) is 0 Å². The molecule has 6 aliphatic rings. The SMILES string of the molecule is Cc1ncccc1O[C@H]1CO[C@H]2[C@@H]1OC[C@@H]2NC(=O)N[C@@]12C[C@@]3(C)C[C@](C)(C[C@](O)(C3)C1)C2. The second kappa shape index (κ2) is 7.06. The number of hydrogen-bond acceptors (Lipinski definition) is 6. The molecule has 0 spiro atoms. The second-order valence-corrected chi connectivity index (χ2v) is 12.2. The topological polar surface area (TPSA) is 102 Å². The zero-order chi connectivity index (χ0) is 23.1. The first-order chi connectivity index (χ1) is 15.6. The number of urea groups is 1. The molecule has 4 bridgehead atoms. The molecule has 4 aliphatic carbocycles. The number of pyridine rings is 1. The van der Waals surface area contributed by atoms with Gasteiger partial charge in [-0.15, -0.1) is 0 Å². The Hall–Kier alpha value is -1.90. The fraction of sp³-hybridized carbons (Fsp3) is 0.760. The summed E-state index contributed by atoms with van der Waals surface area (Å²) in [5.74, 6) is 0.728. The summed E-state index contributed by atoms with van der Waals surface area (Å²) in [4.78, 5) is 17.4. The normalized spacial score (nSPS) is 47.4. The number of fused-ring (bicyclic) bond motifs is 1. The van der Waals surface area contributed by atoms with E-state index >= 15 is 0 Å². The first-order valence-electron chi connectivity index (χ1n) is 12.2. The summed E-state index contributed by atoms with van der Waals surface area (Å²) >= 11 is 0. The molecule has 180 valence electrons. The lowest BCUT2D eigenvalue weighted by Gasteiger charge is -2.68. The van der Waals surface area contributed by atoms with Gasteiger partial charge in [0.15, 0.2) is 6.10 Å². The monoisotopic (exact) mass is 457 g/mol. The largest absolute Gasteiger partial charge is 0.483 e. The number of amides is 2. The summed E-state index contributed by atoms with van der Waals surface area (Å²) in [5, 5.41) is 17.7. The molecule has 8 nitrogen and oxygen atoms in total. The number of hydrogen-bond donors (Lipinski definition) is 3. The van der Waals surface area contributed by atoms with Crippen molar-refractivity contribution in [1.82, 2.24) is 15.6 Å². The summed E-state index contributed by atoms with van der Waals surface area (Å²) in [7, 11) is 0. The van der Waals surface area contributed by atoms with Crippen LogP contribution in [0.2, 0.25) is 0 Å². The summed E-state index contributed by atoms with van der Waals surface area (Å²) in [5.41, 5.74) is -0.0347. The third kappa shape index (κ3) is 3.70. The van der Waals surface area contributed by atoms with Crippen molar-refractivity contribution in [1.29, 1.82) is 0 Å². The van der Waals surface area contributed by atoms with E-state index in [4.69, 9.17) is 14.2 Å². The molecule has 3 heterocycles. The van der Waals surface area contributed by atoms with E-state index in [2.05, 4.69) is 29.5 Å². The Bertz CT molecular complexity index is 916. The molecule has 4 saturated carbocycles. The van der Waals surface area contributed by atoms with Gasteiger partial charge >= 0.3 is 6.03 Å². The molecule has 1 aromatic heterocycles. The molecule has 6 fully saturated rings. The van der Waals surface area contributed by atoms with Gasteiger partial charge in [0.1, 0.15) is 18.0 Å². The number of ether oxygens (including phenoxy) is 3. The molecule has 0 aromatic carbocycles. The maximum atomic E-state index is 13.1. The van der Waals surface area contributed by atoms with Gasteiger partial charge in [0, 0.05) is 11.7 Å². The molecule has 33 heavy (non-hydrogen) atoms. The number of aromatic nitrogens is 1. The molecular formula is C25H35N3O5. The van der Waals surface area contributed by atoms with Crippen LogP contribution in [0.3, 0.4) is 0 Å². The number of carbonyl (C=O) groups excluding carboxylic acids is 1. The maximum absolute atomic E-state index is 13.1. The third-order valence-electron chi connectivity index (χ3n) is 8.50. The van der Waals surface area contributed by atoms with Crippen molar-refractivity contribution in [3.05, 3.63) is 24.0 Å². The predicted octanol–water partition coefficient (Wildman–Crippen LogP) is 2.47. The number of nitrogens with zero attached hydrogens (tertiary/aromatic N) is 1. The molecule has 8 atom stereocenters. The molecule has 1 aromatic rings. The van der Waals surface area contributed by atoms with Crippen LogP contribution in [0, 0.1) is 17.8 Å².